The summed E-state index contributed by atoms with van der Waals surface area (Å²) in [7, 11) is 0. The predicted molar refractivity (Wildman–Crippen MR) is 109 cm³/mol. The molecule has 0 aromatic heterocycles. The Morgan fingerprint density at radius 3 is 1.84 bits per heavy atom. The van der Waals surface area contributed by atoms with Gasteiger partial charge in [0.25, 0.3) is 0 Å². The van der Waals surface area contributed by atoms with E-state index in [1.54, 1.807) is 0 Å². The fraction of sp³-hybridized carbons (Fsp3) is 0.750. The van der Waals surface area contributed by atoms with Crippen LogP contribution < -0.4 is 0 Å². The quantitative estimate of drug-likeness (QED) is 0.576. The van der Waals surface area contributed by atoms with Crippen molar-refractivity contribution < 1.29 is 0 Å². The highest BCUT2D eigenvalue weighted by Crippen LogP contribution is 2.62. The van der Waals surface area contributed by atoms with Gasteiger partial charge in [0.15, 0.2) is 0 Å². The molecule has 4 aliphatic rings. The molecule has 1 aromatic rings. The third-order valence-electron chi connectivity index (χ3n) is 8.70. The zero-order chi connectivity index (χ0) is 17.0. The van der Waals surface area contributed by atoms with E-state index in [-0.39, 0.29) is 0 Å². The Morgan fingerprint density at radius 1 is 0.840 bits per heavy atom. The molecule has 0 saturated heterocycles. The van der Waals surface area contributed by atoms with Gasteiger partial charge in [0.05, 0.1) is 0 Å². The average molecular weight is 355 g/mol. The van der Waals surface area contributed by atoms with Gasteiger partial charge < -0.3 is 0 Å². The molecule has 0 heterocycles. The van der Waals surface area contributed by atoms with Crippen LogP contribution in [-0.2, 0) is 6.42 Å². The molecular formula is C24H34S. The van der Waals surface area contributed by atoms with Gasteiger partial charge in [0.2, 0.25) is 0 Å². The van der Waals surface area contributed by atoms with Gasteiger partial charge in [0, 0.05) is 4.75 Å². The number of hydrogen-bond acceptors (Lipinski definition) is 1. The summed E-state index contributed by atoms with van der Waals surface area (Å²) in [4.78, 5) is 0. The molecule has 4 fully saturated rings. The third-order valence-corrected chi connectivity index (χ3v) is 9.58. The fourth-order valence-electron chi connectivity index (χ4n) is 7.46. The Morgan fingerprint density at radius 2 is 1.40 bits per heavy atom. The molecule has 4 aliphatic carbocycles. The zero-order valence-corrected chi connectivity index (χ0v) is 16.7. The van der Waals surface area contributed by atoms with Crippen LogP contribution >= 0.6 is 12.6 Å². The van der Waals surface area contributed by atoms with Gasteiger partial charge in [-0.1, -0.05) is 42.7 Å². The van der Waals surface area contributed by atoms with Gasteiger partial charge in [-0.05, 0) is 99.4 Å². The van der Waals surface area contributed by atoms with E-state index in [1.807, 2.05) is 0 Å². The van der Waals surface area contributed by atoms with Gasteiger partial charge >= 0.3 is 0 Å². The highest BCUT2D eigenvalue weighted by molar-refractivity contribution is 7.81. The lowest BCUT2D eigenvalue weighted by Crippen LogP contribution is -2.45. The molecule has 0 radical (unpaired) electrons. The molecule has 0 nitrogen and oxygen atoms in total. The number of rotatable bonds is 5. The largest absolute Gasteiger partial charge is 0.172 e. The zero-order valence-electron chi connectivity index (χ0n) is 15.8. The molecule has 0 N–H and O–H groups in total. The summed E-state index contributed by atoms with van der Waals surface area (Å²) >= 11 is 5.63. The summed E-state index contributed by atoms with van der Waals surface area (Å²) in [6.07, 6.45) is 14.6. The van der Waals surface area contributed by atoms with Gasteiger partial charge in [-0.3, -0.25) is 0 Å². The van der Waals surface area contributed by atoms with Crippen molar-refractivity contribution in [2.45, 2.75) is 75.9 Å². The van der Waals surface area contributed by atoms with Crippen LogP contribution in [0.2, 0.25) is 0 Å². The van der Waals surface area contributed by atoms with E-state index in [0.29, 0.717) is 4.75 Å². The van der Waals surface area contributed by atoms with Crippen molar-refractivity contribution >= 4 is 12.6 Å². The lowest BCUT2D eigenvalue weighted by molar-refractivity contribution is 0.144. The monoisotopic (exact) mass is 354 g/mol. The Labute approximate surface area is 159 Å². The van der Waals surface area contributed by atoms with E-state index in [4.69, 9.17) is 12.6 Å². The Hall–Kier alpha value is -0.430. The van der Waals surface area contributed by atoms with Crippen LogP contribution in [0.4, 0.5) is 0 Å². The smallest absolute Gasteiger partial charge is 0.0194 e. The highest BCUT2D eigenvalue weighted by Gasteiger charge is 2.56. The van der Waals surface area contributed by atoms with Crippen molar-refractivity contribution in [3.63, 3.8) is 0 Å². The molecule has 6 atom stereocenters. The first-order chi connectivity index (χ1) is 12.1. The molecule has 4 bridgehead atoms. The van der Waals surface area contributed by atoms with Crippen molar-refractivity contribution in [1.29, 1.82) is 0 Å². The molecule has 6 unspecified atom stereocenters. The fourth-order valence-corrected chi connectivity index (χ4v) is 8.20. The average Bonchev–Trinajstić information content (AvgIpc) is 3.41. The van der Waals surface area contributed by atoms with Crippen LogP contribution in [-0.4, -0.2) is 4.75 Å². The minimum Gasteiger partial charge on any atom is -0.172 e. The number of aryl methyl sites for hydroxylation is 2. The maximum Gasteiger partial charge on any atom is 0.0194 e. The summed E-state index contributed by atoms with van der Waals surface area (Å²) in [6.45, 7) is 2.19. The van der Waals surface area contributed by atoms with Crippen molar-refractivity contribution in [3.8, 4) is 0 Å². The predicted octanol–water partition coefficient (Wildman–Crippen LogP) is 6.47. The minimum absolute atomic E-state index is 0.310. The summed E-state index contributed by atoms with van der Waals surface area (Å²) in [5.41, 5.74) is 2.90. The van der Waals surface area contributed by atoms with Crippen LogP contribution in [0.5, 0.6) is 0 Å². The topological polar surface area (TPSA) is 0 Å². The Kier molecular flexibility index (Phi) is 4.23. The molecule has 0 amide bonds. The van der Waals surface area contributed by atoms with Crippen molar-refractivity contribution in [2.24, 2.45) is 35.5 Å². The van der Waals surface area contributed by atoms with E-state index < -0.39 is 0 Å². The normalized spacial score (nSPS) is 41.4. The van der Waals surface area contributed by atoms with E-state index >= 15 is 0 Å². The van der Waals surface area contributed by atoms with E-state index in [1.165, 1.54) is 75.3 Å². The second kappa shape index (κ2) is 6.32. The maximum absolute atomic E-state index is 5.63. The summed E-state index contributed by atoms with van der Waals surface area (Å²) in [5.74, 6) is 5.90. The molecule has 5 rings (SSSR count). The van der Waals surface area contributed by atoms with Crippen molar-refractivity contribution in [2.75, 3.05) is 0 Å². The van der Waals surface area contributed by atoms with Crippen LogP contribution in [0.3, 0.4) is 0 Å². The first-order valence-corrected chi connectivity index (χ1v) is 11.3. The number of benzene rings is 1. The minimum atomic E-state index is 0.310. The highest BCUT2D eigenvalue weighted by atomic mass is 32.1. The molecular weight excluding hydrogens is 320 g/mol. The SMILES string of the molecule is Cc1ccc(CCC(S)(C2CC3CCC2C3)C2CC3CCC2C3)cc1. The standard InChI is InChI=1S/C24H34S/c1-16-2-4-17(5-3-16)10-11-24(25,22-14-18-6-8-20(22)12-18)23-15-19-7-9-21(23)13-19/h2-5,18-23,25H,6-15H2,1H3. The van der Waals surface area contributed by atoms with Gasteiger partial charge in [-0.15, -0.1) is 0 Å². The van der Waals surface area contributed by atoms with Crippen LogP contribution in [0.1, 0.15) is 68.9 Å². The number of hydrogen-bond donors (Lipinski definition) is 1. The lowest BCUT2D eigenvalue weighted by atomic mass is 9.66. The van der Waals surface area contributed by atoms with Gasteiger partial charge in [-0.25, -0.2) is 0 Å². The molecule has 25 heavy (non-hydrogen) atoms. The van der Waals surface area contributed by atoms with Crippen LogP contribution in [0.15, 0.2) is 24.3 Å². The second-order valence-electron chi connectivity index (χ2n) is 10.0. The van der Waals surface area contributed by atoms with E-state index in [9.17, 15) is 0 Å². The van der Waals surface area contributed by atoms with Crippen molar-refractivity contribution in [3.05, 3.63) is 35.4 Å². The second-order valence-corrected chi connectivity index (χ2v) is 10.9. The number of fused-ring (bicyclic) bond motifs is 4. The molecule has 0 spiro atoms. The van der Waals surface area contributed by atoms with E-state index in [2.05, 4.69) is 31.2 Å². The number of thiol groups is 1. The molecule has 1 aromatic carbocycles. The van der Waals surface area contributed by atoms with Crippen molar-refractivity contribution in [1.82, 2.24) is 0 Å². The van der Waals surface area contributed by atoms with Gasteiger partial charge in [-0.2, -0.15) is 12.6 Å². The summed E-state index contributed by atoms with van der Waals surface area (Å²) < 4.78 is 0.310. The van der Waals surface area contributed by atoms with E-state index in [0.717, 1.165) is 35.5 Å². The molecule has 1 heteroatoms. The van der Waals surface area contributed by atoms with Crippen LogP contribution in [0.25, 0.3) is 0 Å². The molecule has 136 valence electrons. The lowest BCUT2D eigenvalue weighted by Gasteiger charge is -2.47. The Bertz CT molecular complexity index is 589. The van der Waals surface area contributed by atoms with Crippen LogP contribution in [0, 0.1) is 42.4 Å². The maximum atomic E-state index is 5.63. The third kappa shape index (κ3) is 2.89. The van der Waals surface area contributed by atoms with Gasteiger partial charge in [0.1, 0.15) is 0 Å². The molecule has 0 aliphatic heterocycles. The molecule has 4 saturated carbocycles. The first-order valence-electron chi connectivity index (χ1n) is 10.9. The Balaban J connectivity index is 1.38. The summed E-state index contributed by atoms with van der Waals surface area (Å²) in [6, 6.07) is 9.27. The summed E-state index contributed by atoms with van der Waals surface area (Å²) in [5, 5.41) is 0. The first kappa shape index (κ1) is 16.7.